The summed E-state index contributed by atoms with van der Waals surface area (Å²) in [6.07, 6.45) is -0.133. The van der Waals surface area contributed by atoms with E-state index in [1.54, 1.807) is 30.3 Å². The summed E-state index contributed by atoms with van der Waals surface area (Å²) >= 11 is 0. The van der Waals surface area contributed by atoms with Gasteiger partial charge < -0.3 is 9.47 Å². The number of rotatable bonds is 4. The van der Waals surface area contributed by atoms with E-state index in [1.165, 1.54) is 33.3 Å². The van der Waals surface area contributed by atoms with Crippen molar-refractivity contribution in [2.75, 3.05) is 14.2 Å². The molecule has 1 aliphatic heterocycles. The van der Waals surface area contributed by atoms with Gasteiger partial charge in [0.05, 0.1) is 32.0 Å². The molecule has 8 nitrogen and oxygen atoms in total. The lowest BCUT2D eigenvalue weighted by atomic mass is 10.00. The van der Waals surface area contributed by atoms with Crippen molar-refractivity contribution in [2.45, 2.75) is 19.4 Å². The van der Waals surface area contributed by atoms with Crippen molar-refractivity contribution in [1.82, 2.24) is 10.9 Å². The minimum atomic E-state index is -0.805. The number of aliphatic imine (C=N–C) groups is 2. The molecule has 1 heterocycles. The minimum Gasteiger partial charge on any atom is -0.497 e. The summed E-state index contributed by atoms with van der Waals surface area (Å²) in [5, 5.41) is 0. The molecule has 30 heavy (non-hydrogen) atoms. The van der Waals surface area contributed by atoms with Crippen molar-refractivity contribution in [3.05, 3.63) is 59.4 Å². The molecule has 1 aliphatic rings. The van der Waals surface area contributed by atoms with Gasteiger partial charge in [-0.1, -0.05) is 12.1 Å². The topological polar surface area (TPSA) is 101 Å². The van der Waals surface area contributed by atoms with Crippen LogP contribution in [0.2, 0.25) is 0 Å². The average Bonchev–Trinajstić information content (AvgIpc) is 2.88. The number of carbonyl (C=O) groups is 2. The highest BCUT2D eigenvalue weighted by molar-refractivity contribution is 6.18. The number of amidine groups is 1. The van der Waals surface area contributed by atoms with Crippen LogP contribution in [0.25, 0.3) is 0 Å². The molecule has 2 N–H and O–H groups in total. The molecule has 0 saturated heterocycles. The number of methoxy groups -OCH3 is 2. The minimum absolute atomic E-state index is 0.133. The molecule has 1 unspecified atom stereocenters. The summed E-state index contributed by atoms with van der Waals surface area (Å²) in [6.45, 7) is 1.33. The lowest BCUT2D eigenvalue weighted by Gasteiger charge is -2.16. The Morgan fingerprint density at radius 2 is 1.97 bits per heavy atom. The summed E-state index contributed by atoms with van der Waals surface area (Å²) in [5.74, 6) is -0.471. The first-order chi connectivity index (χ1) is 14.4. The first-order valence-electron chi connectivity index (χ1n) is 9.11. The Labute approximate surface area is 172 Å². The van der Waals surface area contributed by atoms with Gasteiger partial charge in [0.25, 0.3) is 0 Å². The molecule has 0 saturated carbocycles. The molecule has 2 aromatic carbocycles. The second-order valence-electron chi connectivity index (χ2n) is 6.47. The van der Waals surface area contributed by atoms with Gasteiger partial charge in [-0.2, -0.15) is 0 Å². The highest BCUT2D eigenvalue weighted by Gasteiger charge is 2.26. The zero-order valence-electron chi connectivity index (χ0n) is 16.7. The number of hydrazine groups is 1. The number of esters is 1. The van der Waals surface area contributed by atoms with Crippen LogP contribution < -0.4 is 15.6 Å². The van der Waals surface area contributed by atoms with Gasteiger partial charge in [0.2, 0.25) is 5.91 Å². The van der Waals surface area contributed by atoms with E-state index in [0.717, 1.165) is 0 Å². The van der Waals surface area contributed by atoms with E-state index in [4.69, 9.17) is 14.5 Å². The number of fused-ring (bicyclic) bond motifs is 1. The molecule has 3 rings (SSSR count). The zero-order chi connectivity index (χ0) is 21.7. The molecule has 1 amide bonds. The molecule has 156 valence electrons. The molecular formula is C21H21FN4O4. The van der Waals surface area contributed by atoms with Crippen LogP contribution in [0.5, 0.6) is 5.75 Å². The number of nitrogens with zero attached hydrogens (tertiary/aromatic N) is 2. The summed E-state index contributed by atoms with van der Waals surface area (Å²) in [5.41, 5.74) is 7.23. The van der Waals surface area contributed by atoms with Crippen LogP contribution >= 0.6 is 0 Å². The van der Waals surface area contributed by atoms with Crippen LogP contribution in [-0.4, -0.2) is 43.7 Å². The lowest BCUT2D eigenvalue weighted by molar-refractivity contribution is -0.140. The molecule has 0 spiro atoms. The first kappa shape index (κ1) is 21.0. The maximum absolute atomic E-state index is 14.0. The van der Waals surface area contributed by atoms with Crippen molar-refractivity contribution >= 4 is 29.1 Å². The third kappa shape index (κ3) is 4.80. The number of amides is 1. The average molecular weight is 412 g/mol. The van der Waals surface area contributed by atoms with Gasteiger partial charge in [0.1, 0.15) is 23.4 Å². The van der Waals surface area contributed by atoms with Gasteiger partial charge in [-0.3, -0.25) is 25.4 Å². The standard InChI is InChI=1S/C21H21FN4O4/c1-12(27)25-26-21-18(11-19(28)30-3)23-20(13-5-4-6-14(22)9-13)16-10-15(29-2)7-8-17(16)24-21/h4-10,18H,11H2,1-3H3,(H,24,26)(H,25,27). The fourth-order valence-corrected chi connectivity index (χ4v) is 2.93. The van der Waals surface area contributed by atoms with Crippen molar-refractivity contribution in [3.8, 4) is 5.75 Å². The van der Waals surface area contributed by atoms with Crippen LogP contribution in [0.1, 0.15) is 24.5 Å². The Hall–Kier alpha value is -3.75. The Morgan fingerprint density at radius 3 is 2.63 bits per heavy atom. The number of carbonyl (C=O) groups excluding carboxylic acids is 2. The van der Waals surface area contributed by atoms with Crippen molar-refractivity contribution in [2.24, 2.45) is 9.98 Å². The smallest absolute Gasteiger partial charge is 0.308 e. The largest absolute Gasteiger partial charge is 0.497 e. The second kappa shape index (κ2) is 9.17. The van der Waals surface area contributed by atoms with Crippen LogP contribution in [0.4, 0.5) is 10.1 Å². The van der Waals surface area contributed by atoms with Crippen LogP contribution in [0.15, 0.2) is 52.4 Å². The number of hydrogen-bond acceptors (Lipinski definition) is 7. The van der Waals surface area contributed by atoms with E-state index in [2.05, 4.69) is 15.8 Å². The van der Waals surface area contributed by atoms with Gasteiger partial charge >= 0.3 is 5.97 Å². The number of benzene rings is 2. The number of hydrogen-bond donors (Lipinski definition) is 2. The van der Waals surface area contributed by atoms with E-state index in [1.807, 2.05) is 0 Å². The summed E-state index contributed by atoms with van der Waals surface area (Å²) < 4.78 is 24.1. The molecule has 2 aromatic rings. The predicted molar refractivity (Wildman–Crippen MR) is 110 cm³/mol. The Kier molecular flexibility index (Phi) is 6.41. The number of halogens is 1. The van der Waals surface area contributed by atoms with E-state index >= 15 is 0 Å². The van der Waals surface area contributed by atoms with E-state index in [0.29, 0.717) is 28.3 Å². The molecule has 0 aliphatic carbocycles. The first-order valence-corrected chi connectivity index (χ1v) is 9.11. The molecule has 0 radical (unpaired) electrons. The zero-order valence-corrected chi connectivity index (χ0v) is 16.7. The Bertz CT molecular complexity index is 1040. The molecule has 9 heteroatoms. The summed E-state index contributed by atoms with van der Waals surface area (Å²) in [6, 6.07) is 10.3. The van der Waals surface area contributed by atoms with E-state index in [-0.39, 0.29) is 18.2 Å². The quantitative estimate of drug-likeness (QED) is 0.593. The molecule has 0 bridgehead atoms. The highest BCUT2D eigenvalue weighted by atomic mass is 19.1. The van der Waals surface area contributed by atoms with Crippen molar-refractivity contribution in [3.63, 3.8) is 0 Å². The van der Waals surface area contributed by atoms with Crippen molar-refractivity contribution in [1.29, 1.82) is 0 Å². The third-order valence-electron chi connectivity index (χ3n) is 4.35. The maximum atomic E-state index is 14.0. The number of nitrogens with one attached hydrogen (secondary N) is 2. The molecule has 0 aromatic heterocycles. The molecule has 1 atom stereocenters. The van der Waals surface area contributed by atoms with Gasteiger partial charge in [-0.25, -0.2) is 9.38 Å². The predicted octanol–water partition coefficient (Wildman–Crippen LogP) is 2.29. The second-order valence-corrected chi connectivity index (χ2v) is 6.47. The van der Waals surface area contributed by atoms with E-state index < -0.39 is 17.8 Å². The van der Waals surface area contributed by atoms with Crippen LogP contribution in [0.3, 0.4) is 0 Å². The van der Waals surface area contributed by atoms with Crippen LogP contribution in [-0.2, 0) is 14.3 Å². The fraction of sp³-hybridized carbons (Fsp3) is 0.238. The monoisotopic (exact) mass is 412 g/mol. The van der Waals surface area contributed by atoms with Gasteiger partial charge in [0.15, 0.2) is 0 Å². The maximum Gasteiger partial charge on any atom is 0.308 e. The summed E-state index contributed by atoms with van der Waals surface area (Å²) in [4.78, 5) is 32.7. The fourth-order valence-electron chi connectivity index (χ4n) is 2.93. The summed E-state index contributed by atoms with van der Waals surface area (Å²) in [7, 11) is 2.80. The molecular weight excluding hydrogens is 391 g/mol. The Balaban J connectivity index is 2.20. The molecule has 0 fully saturated rings. The van der Waals surface area contributed by atoms with E-state index in [9.17, 15) is 14.0 Å². The Morgan fingerprint density at radius 1 is 1.17 bits per heavy atom. The van der Waals surface area contributed by atoms with Gasteiger partial charge in [-0.15, -0.1) is 0 Å². The van der Waals surface area contributed by atoms with Crippen LogP contribution in [0, 0.1) is 5.82 Å². The van der Waals surface area contributed by atoms with Crippen molar-refractivity contribution < 1.29 is 23.5 Å². The third-order valence-corrected chi connectivity index (χ3v) is 4.35. The van der Waals surface area contributed by atoms with Gasteiger partial charge in [-0.05, 0) is 30.3 Å². The SMILES string of the molecule is COC(=O)CC1N=C(c2cccc(F)c2)c2cc(OC)ccc2N=C1NNC(C)=O. The lowest BCUT2D eigenvalue weighted by Crippen LogP contribution is -2.45. The normalized spacial score (nSPS) is 15.1. The van der Waals surface area contributed by atoms with Gasteiger partial charge in [0, 0.05) is 18.1 Å². The highest BCUT2D eigenvalue weighted by Crippen LogP contribution is 2.31. The number of ether oxygens (including phenoxy) is 2.